The lowest BCUT2D eigenvalue weighted by atomic mass is 10.2. The van der Waals surface area contributed by atoms with Crippen molar-refractivity contribution >= 4 is 17.3 Å². The second-order valence-electron chi connectivity index (χ2n) is 3.70. The molecule has 0 aliphatic rings. The van der Waals surface area contributed by atoms with Crippen LogP contribution in [0, 0.1) is 5.82 Å². The Morgan fingerprint density at radius 3 is 3.00 bits per heavy atom. The van der Waals surface area contributed by atoms with Crippen molar-refractivity contribution < 1.29 is 13.6 Å². The standard InChI is InChI=1S/C12H12FN3O2/c1-8(17)16-12-4-9(2-3-11(12)13)15-6-10-5-14-7-18-10/h2-5,7,15H,6H2,1H3,(H,16,17). The minimum absolute atomic E-state index is 0.144. The maximum Gasteiger partial charge on any atom is 0.221 e. The lowest BCUT2D eigenvalue weighted by Gasteiger charge is -2.08. The van der Waals surface area contributed by atoms with Gasteiger partial charge in [0.1, 0.15) is 11.6 Å². The van der Waals surface area contributed by atoms with Gasteiger partial charge in [0.25, 0.3) is 0 Å². The van der Waals surface area contributed by atoms with E-state index in [4.69, 9.17) is 4.42 Å². The van der Waals surface area contributed by atoms with E-state index in [9.17, 15) is 9.18 Å². The van der Waals surface area contributed by atoms with Gasteiger partial charge >= 0.3 is 0 Å². The van der Waals surface area contributed by atoms with Crippen LogP contribution in [0.3, 0.4) is 0 Å². The summed E-state index contributed by atoms with van der Waals surface area (Å²) in [7, 11) is 0. The largest absolute Gasteiger partial charge is 0.447 e. The number of nitrogens with zero attached hydrogens (tertiary/aromatic N) is 1. The number of hydrogen-bond donors (Lipinski definition) is 2. The molecule has 0 aliphatic heterocycles. The van der Waals surface area contributed by atoms with Crippen LogP contribution in [-0.4, -0.2) is 10.9 Å². The zero-order valence-electron chi connectivity index (χ0n) is 9.74. The Hall–Kier alpha value is -2.37. The van der Waals surface area contributed by atoms with Gasteiger partial charge in [-0.2, -0.15) is 0 Å². The number of benzene rings is 1. The van der Waals surface area contributed by atoms with Crippen molar-refractivity contribution in [1.29, 1.82) is 0 Å². The number of hydrogen-bond acceptors (Lipinski definition) is 4. The third-order valence-corrected chi connectivity index (χ3v) is 2.23. The molecule has 1 amide bonds. The Labute approximate surface area is 103 Å². The fourth-order valence-electron chi connectivity index (χ4n) is 1.44. The lowest BCUT2D eigenvalue weighted by Crippen LogP contribution is -2.08. The van der Waals surface area contributed by atoms with E-state index in [0.29, 0.717) is 18.0 Å². The highest BCUT2D eigenvalue weighted by molar-refractivity contribution is 5.89. The highest BCUT2D eigenvalue weighted by Gasteiger charge is 2.05. The third kappa shape index (κ3) is 3.07. The summed E-state index contributed by atoms with van der Waals surface area (Å²) in [5.41, 5.74) is 0.821. The minimum atomic E-state index is -0.476. The number of aromatic nitrogens is 1. The first-order valence-corrected chi connectivity index (χ1v) is 5.33. The van der Waals surface area contributed by atoms with Crippen molar-refractivity contribution in [2.45, 2.75) is 13.5 Å². The van der Waals surface area contributed by atoms with Crippen LogP contribution < -0.4 is 10.6 Å². The molecular weight excluding hydrogens is 237 g/mol. The highest BCUT2D eigenvalue weighted by Crippen LogP contribution is 2.20. The van der Waals surface area contributed by atoms with Gasteiger partial charge in [0.05, 0.1) is 18.4 Å². The van der Waals surface area contributed by atoms with E-state index < -0.39 is 5.82 Å². The number of anilines is 2. The molecule has 18 heavy (non-hydrogen) atoms. The summed E-state index contributed by atoms with van der Waals surface area (Å²) in [5.74, 6) is -0.128. The van der Waals surface area contributed by atoms with Crippen molar-refractivity contribution in [3.8, 4) is 0 Å². The van der Waals surface area contributed by atoms with Crippen LogP contribution in [0.5, 0.6) is 0 Å². The normalized spacial score (nSPS) is 10.1. The quantitative estimate of drug-likeness (QED) is 0.873. The number of nitrogens with one attached hydrogen (secondary N) is 2. The van der Waals surface area contributed by atoms with Gasteiger partial charge in [-0.1, -0.05) is 0 Å². The fraction of sp³-hybridized carbons (Fsp3) is 0.167. The predicted molar refractivity (Wildman–Crippen MR) is 64.5 cm³/mol. The molecule has 0 saturated heterocycles. The molecule has 2 N–H and O–H groups in total. The molecule has 1 heterocycles. The Morgan fingerprint density at radius 2 is 2.33 bits per heavy atom. The van der Waals surface area contributed by atoms with E-state index in [1.165, 1.54) is 25.5 Å². The predicted octanol–water partition coefficient (Wildman–Crippen LogP) is 2.38. The van der Waals surface area contributed by atoms with Crippen LogP contribution in [0.25, 0.3) is 0 Å². The highest BCUT2D eigenvalue weighted by atomic mass is 19.1. The zero-order chi connectivity index (χ0) is 13.0. The molecule has 0 atom stereocenters. The summed E-state index contributed by atoms with van der Waals surface area (Å²) in [4.78, 5) is 14.7. The maximum atomic E-state index is 13.4. The van der Waals surface area contributed by atoms with Crippen molar-refractivity contribution in [2.24, 2.45) is 0 Å². The van der Waals surface area contributed by atoms with Gasteiger partial charge in [0.2, 0.25) is 5.91 Å². The molecular formula is C12H12FN3O2. The summed E-state index contributed by atoms with van der Waals surface area (Å²) < 4.78 is 18.4. The Bertz CT molecular complexity index is 540. The van der Waals surface area contributed by atoms with E-state index in [0.717, 1.165) is 0 Å². The molecule has 6 heteroatoms. The van der Waals surface area contributed by atoms with Crippen LogP contribution in [0.1, 0.15) is 12.7 Å². The molecule has 2 rings (SSSR count). The van der Waals surface area contributed by atoms with Gasteiger partial charge in [-0.3, -0.25) is 4.79 Å². The minimum Gasteiger partial charge on any atom is -0.447 e. The number of oxazole rings is 1. The number of carbonyl (C=O) groups is 1. The maximum absolute atomic E-state index is 13.4. The van der Waals surface area contributed by atoms with Gasteiger partial charge < -0.3 is 15.1 Å². The van der Waals surface area contributed by atoms with Crippen molar-refractivity contribution in [3.63, 3.8) is 0 Å². The summed E-state index contributed by atoms with van der Waals surface area (Å²) >= 11 is 0. The second kappa shape index (κ2) is 5.31. The van der Waals surface area contributed by atoms with Crippen molar-refractivity contribution in [2.75, 3.05) is 10.6 Å². The first-order valence-electron chi connectivity index (χ1n) is 5.33. The first-order chi connectivity index (χ1) is 8.65. The van der Waals surface area contributed by atoms with E-state index in [2.05, 4.69) is 15.6 Å². The Morgan fingerprint density at radius 1 is 1.50 bits per heavy atom. The van der Waals surface area contributed by atoms with E-state index in [1.807, 2.05) is 0 Å². The van der Waals surface area contributed by atoms with Crippen LogP contribution >= 0.6 is 0 Å². The van der Waals surface area contributed by atoms with Crippen molar-refractivity contribution in [3.05, 3.63) is 42.4 Å². The lowest BCUT2D eigenvalue weighted by molar-refractivity contribution is -0.114. The molecule has 0 unspecified atom stereocenters. The third-order valence-electron chi connectivity index (χ3n) is 2.23. The molecule has 1 aromatic heterocycles. The van der Waals surface area contributed by atoms with Gasteiger partial charge in [-0.25, -0.2) is 9.37 Å². The molecule has 0 spiro atoms. The molecule has 0 aliphatic carbocycles. The van der Waals surface area contributed by atoms with E-state index in [1.54, 1.807) is 12.3 Å². The monoisotopic (exact) mass is 249 g/mol. The van der Waals surface area contributed by atoms with Crippen LogP contribution in [0.4, 0.5) is 15.8 Å². The first kappa shape index (κ1) is 12.1. The number of carbonyl (C=O) groups excluding carboxylic acids is 1. The van der Waals surface area contributed by atoms with Crippen LogP contribution in [0.15, 0.2) is 35.2 Å². The molecule has 5 nitrogen and oxygen atoms in total. The number of halogens is 1. The summed E-state index contributed by atoms with van der Waals surface area (Å²) in [5, 5.41) is 5.45. The smallest absolute Gasteiger partial charge is 0.221 e. The molecule has 0 fully saturated rings. The number of rotatable bonds is 4. The van der Waals surface area contributed by atoms with Gasteiger partial charge in [0, 0.05) is 12.6 Å². The molecule has 1 aromatic carbocycles. The van der Waals surface area contributed by atoms with E-state index in [-0.39, 0.29) is 11.6 Å². The molecule has 94 valence electrons. The molecule has 0 saturated carbocycles. The fourth-order valence-corrected chi connectivity index (χ4v) is 1.44. The zero-order valence-corrected chi connectivity index (χ0v) is 9.74. The molecule has 0 radical (unpaired) electrons. The van der Waals surface area contributed by atoms with Crippen LogP contribution in [-0.2, 0) is 11.3 Å². The van der Waals surface area contributed by atoms with E-state index >= 15 is 0 Å². The topological polar surface area (TPSA) is 67.2 Å². The summed E-state index contributed by atoms with van der Waals surface area (Å²) in [6.45, 7) is 1.76. The average molecular weight is 249 g/mol. The van der Waals surface area contributed by atoms with Gasteiger partial charge in [0.15, 0.2) is 6.39 Å². The van der Waals surface area contributed by atoms with Gasteiger partial charge in [-0.05, 0) is 18.2 Å². The van der Waals surface area contributed by atoms with Gasteiger partial charge in [-0.15, -0.1) is 0 Å². The number of amides is 1. The molecule has 0 bridgehead atoms. The Kier molecular flexibility index (Phi) is 3.57. The van der Waals surface area contributed by atoms with Crippen molar-refractivity contribution in [1.82, 2.24) is 4.98 Å². The average Bonchev–Trinajstić information content (AvgIpc) is 2.82. The molecule has 2 aromatic rings. The summed E-state index contributed by atoms with van der Waals surface area (Å²) in [6.07, 6.45) is 2.93. The summed E-state index contributed by atoms with van der Waals surface area (Å²) in [6, 6.07) is 4.39. The van der Waals surface area contributed by atoms with Crippen LogP contribution in [0.2, 0.25) is 0 Å². The SMILES string of the molecule is CC(=O)Nc1cc(NCc2cnco2)ccc1F. The second-order valence-corrected chi connectivity index (χ2v) is 3.70. The Balaban J connectivity index is 2.06.